The minimum Gasteiger partial charge on any atom is -0.486 e. The molecule has 0 amide bonds. The number of ether oxygens (including phenoxy) is 2. The van der Waals surface area contributed by atoms with Gasteiger partial charge in [0, 0.05) is 34.5 Å². The van der Waals surface area contributed by atoms with Crippen LogP contribution in [0.15, 0.2) is 64.2 Å². The predicted molar refractivity (Wildman–Crippen MR) is 141 cm³/mol. The van der Waals surface area contributed by atoms with E-state index in [0.717, 1.165) is 27.9 Å². The molecule has 0 saturated carbocycles. The van der Waals surface area contributed by atoms with Gasteiger partial charge in [-0.3, -0.25) is 4.79 Å². The van der Waals surface area contributed by atoms with Crippen LogP contribution in [-0.4, -0.2) is 26.8 Å². The number of para-hydroxylation sites is 1. The number of rotatable bonds is 7. The molecule has 0 atom stereocenters. The number of nitriles is 1. The van der Waals surface area contributed by atoms with Gasteiger partial charge < -0.3 is 18.6 Å². The van der Waals surface area contributed by atoms with Crippen molar-refractivity contribution in [2.75, 3.05) is 7.11 Å². The summed E-state index contributed by atoms with van der Waals surface area (Å²) >= 11 is 6.63. The van der Waals surface area contributed by atoms with Crippen molar-refractivity contribution in [3.05, 3.63) is 98.5 Å². The molecule has 0 bridgehead atoms. The highest BCUT2D eigenvalue weighted by Gasteiger charge is 2.18. The fourth-order valence-electron chi connectivity index (χ4n) is 4.25. The van der Waals surface area contributed by atoms with Crippen LogP contribution in [0.4, 0.5) is 0 Å². The topological polar surface area (TPSA) is 116 Å². The number of methoxy groups -OCH3 is 1. The second-order valence-electron chi connectivity index (χ2n) is 8.60. The molecule has 5 rings (SSSR count). The summed E-state index contributed by atoms with van der Waals surface area (Å²) in [7, 11) is 1.49. The van der Waals surface area contributed by atoms with Gasteiger partial charge in [-0.15, -0.1) is 0 Å². The zero-order valence-corrected chi connectivity index (χ0v) is 21.6. The lowest BCUT2D eigenvalue weighted by Crippen LogP contribution is -2.23. The highest BCUT2D eigenvalue weighted by molar-refractivity contribution is 6.31. The summed E-state index contributed by atoms with van der Waals surface area (Å²) in [6.07, 6.45) is 3.21. The fraction of sp³-hybridized carbons (Fsp3) is 0.179. The molecule has 0 saturated heterocycles. The number of nitrogens with zero attached hydrogens (tertiary/aromatic N) is 5. The summed E-state index contributed by atoms with van der Waals surface area (Å²) in [6.45, 7) is 3.94. The summed E-state index contributed by atoms with van der Waals surface area (Å²) in [5.74, 6) is 0.859. The lowest BCUT2D eigenvalue weighted by Gasteiger charge is -2.16. The van der Waals surface area contributed by atoms with Crippen LogP contribution in [-0.2, 0) is 13.2 Å². The molecule has 0 aliphatic heterocycles. The smallest absolute Gasteiger partial charge is 0.268 e. The van der Waals surface area contributed by atoms with E-state index in [-0.39, 0.29) is 18.7 Å². The molecular formula is C28H22ClN5O4. The molecule has 0 spiro atoms. The first-order chi connectivity index (χ1) is 18.4. The van der Waals surface area contributed by atoms with Gasteiger partial charge in [-0.1, -0.05) is 28.9 Å². The van der Waals surface area contributed by atoms with E-state index >= 15 is 0 Å². The Bertz CT molecular complexity index is 1770. The fourth-order valence-corrected chi connectivity index (χ4v) is 4.51. The first-order valence-electron chi connectivity index (χ1n) is 11.7. The Morgan fingerprint density at radius 2 is 1.97 bits per heavy atom. The van der Waals surface area contributed by atoms with Crippen LogP contribution in [0.25, 0.3) is 22.0 Å². The Kier molecular flexibility index (Phi) is 6.81. The molecule has 38 heavy (non-hydrogen) atoms. The number of aromatic nitrogens is 4. The molecule has 0 unspecified atom stereocenters. The minimum atomic E-state index is -0.423. The Balaban J connectivity index is 1.54. The third-order valence-corrected chi connectivity index (χ3v) is 6.48. The van der Waals surface area contributed by atoms with Gasteiger partial charge in [0.2, 0.25) is 5.88 Å². The van der Waals surface area contributed by atoms with E-state index in [1.54, 1.807) is 24.6 Å². The van der Waals surface area contributed by atoms with Gasteiger partial charge in [0.25, 0.3) is 5.56 Å². The van der Waals surface area contributed by atoms with Gasteiger partial charge in [-0.05, 0) is 43.7 Å². The molecule has 0 aliphatic carbocycles. The van der Waals surface area contributed by atoms with E-state index in [2.05, 4.69) is 10.1 Å². The van der Waals surface area contributed by atoms with Crippen LogP contribution in [0.5, 0.6) is 11.6 Å². The molecule has 0 radical (unpaired) electrons. The molecule has 0 aliphatic rings. The van der Waals surface area contributed by atoms with Crippen molar-refractivity contribution in [2.45, 2.75) is 27.0 Å². The van der Waals surface area contributed by atoms with Gasteiger partial charge >= 0.3 is 0 Å². The Labute approximate surface area is 222 Å². The van der Waals surface area contributed by atoms with Crippen molar-refractivity contribution < 1.29 is 14.0 Å². The molecule has 190 valence electrons. The number of fused-ring (bicyclic) bond motifs is 1. The SMILES string of the molecule is COc1cc(Cl)c(COc2cccc3c(-c4conc4C)cc(C)nc23)c(Cn2cccc(C#N)c2=O)n1. The number of halogens is 1. The Morgan fingerprint density at radius 3 is 2.71 bits per heavy atom. The van der Waals surface area contributed by atoms with Crippen LogP contribution < -0.4 is 15.0 Å². The largest absolute Gasteiger partial charge is 0.486 e. The molecule has 10 heteroatoms. The zero-order chi connectivity index (χ0) is 26.8. The summed E-state index contributed by atoms with van der Waals surface area (Å²) < 4.78 is 18.1. The number of hydrogen-bond donors (Lipinski definition) is 0. The van der Waals surface area contributed by atoms with Crippen molar-refractivity contribution >= 4 is 22.5 Å². The highest BCUT2D eigenvalue weighted by atomic mass is 35.5. The molecule has 9 nitrogen and oxygen atoms in total. The lowest BCUT2D eigenvalue weighted by atomic mass is 10.0. The minimum absolute atomic E-state index is 0.0374. The van der Waals surface area contributed by atoms with E-state index in [9.17, 15) is 10.1 Å². The van der Waals surface area contributed by atoms with E-state index in [1.165, 1.54) is 17.7 Å². The maximum Gasteiger partial charge on any atom is 0.268 e. The monoisotopic (exact) mass is 527 g/mol. The molecule has 0 N–H and O–H groups in total. The molecular weight excluding hydrogens is 506 g/mol. The highest BCUT2D eigenvalue weighted by Crippen LogP contribution is 2.35. The summed E-state index contributed by atoms with van der Waals surface area (Å²) in [6, 6.07) is 14.3. The van der Waals surface area contributed by atoms with E-state index < -0.39 is 5.56 Å². The first kappa shape index (κ1) is 25.0. The summed E-state index contributed by atoms with van der Waals surface area (Å²) in [5, 5.41) is 14.5. The second-order valence-corrected chi connectivity index (χ2v) is 9.01. The Morgan fingerprint density at radius 1 is 1.13 bits per heavy atom. The molecule has 5 aromatic rings. The zero-order valence-electron chi connectivity index (χ0n) is 20.9. The average molecular weight is 528 g/mol. The van der Waals surface area contributed by atoms with Crippen LogP contribution >= 0.6 is 11.6 Å². The number of aryl methyl sites for hydroxylation is 2. The molecule has 4 aromatic heterocycles. The summed E-state index contributed by atoms with van der Waals surface area (Å²) in [5.41, 5.74) is 4.78. The van der Waals surface area contributed by atoms with Crippen LogP contribution in [0, 0.1) is 25.2 Å². The lowest BCUT2D eigenvalue weighted by molar-refractivity contribution is 0.306. The van der Waals surface area contributed by atoms with Crippen LogP contribution in [0.2, 0.25) is 5.02 Å². The van der Waals surface area contributed by atoms with E-state index in [4.69, 9.17) is 30.6 Å². The van der Waals surface area contributed by atoms with Crippen molar-refractivity contribution in [2.24, 2.45) is 0 Å². The standard InChI is InChI=1S/C28H22ClN5O4/c1-16-10-20(21-15-38-33-17(21)2)19-7-4-8-25(27(19)31-16)37-14-22-23(29)11-26(36-3)32-24(22)13-34-9-5-6-18(12-30)28(34)35/h4-11,15H,13-14H2,1-3H3. The normalized spacial score (nSPS) is 10.9. The van der Waals surface area contributed by atoms with Crippen molar-refractivity contribution in [3.63, 3.8) is 0 Å². The number of pyridine rings is 3. The maximum atomic E-state index is 12.7. The third kappa shape index (κ3) is 4.69. The van der Waals surface area contributed by atoms with Crippen LogP contribution in [0.1, 0.15) is 28.2 Å². The van der Waals surface area contributed by atoms with E-state index in [0.29, 0.717) is 33.4 Å². The van der Waals surface area contributed by atoms with Gasteiger partial charge in [0.15, 0.2) is 0 Å². The number of hydrogen-bond acceptors (Lipinski definition) is 8. The second kappa shape index (κ2) is 10.4. The van der Waals surface area contributed by atoms with Crippen molar-refractivity contribution in [3.8, 4) is 28.8 Å². The summed E-state index contributed by atoms with van der Waals surface area (Å²) in [4.78, 5) is 21.9. The molecule has 1 aromatic carbocycles. The third-order valence-electron chi connectivity index (χ3n) is 6.14. The number of benzene rings is 1. The average Bonchev–Trinajstić information content (AvgIpc) is 3.34. The Hall–Kier alpha value is -4.68. The van der Waals surface area contributed by atoms with Crippen LogP contribution in [0.3, 0.4) is 0 Å². The first-order valence-corrected chi connectivity index (χ1v) is 12.0. The van der Waals surface area contributed by atoms with Gasteiger partial charge in [-0.25, -0.2) is 9.97 Å². The quantitative estimate of drug-likeness (QED) is 0.282. The molecule has 4 heterocycles. The van der Waals surface area contributed by atoms with E-state index in [1.807, 2.05) is 44.2 Å². The van der Waals surface area contributed by atoms with Crippen molar-refractivity contribution in [1.29, 1.82) is 5.26 Å². The van der Waals surface area contributed by atoms with Gasteiger partial charge in [0.1, 0.15) is 35.8 Å². The predicted octanol–water partition coefficient (Wildman–Crippen LogP) is 5.22. The van der Waals surface area contributed by atoms with Gasteiger partial charge in [0.05, 0.1) is 30.1 Å². The van der Waals surface area contributed by atoms with Crippen molar-refractivity contribution in [1.82, 2.24) is 19.7 Å². The molecule has 0 fully saturated rings. The van der Waals surface area contributed by atoms with Gasteiger partial charge in [-0.2, -0.15) is 5.26 Å². The maximum absolute atomic E-state index is 12.7.